The lowest BCUT2D eigenvalue weighted by Gasteiger charge is -2.31. The molecule has 10 heteroatoms. The van der Waals surface area contributed by atoms with Crippen molar-refractivity contribution in [1.29, 1.82) is 5.26 Å². The number of anilines is 1. The molecule has 0 spiro atoms. The summed E-state index contributed by atoms with van der Waals surface area (Å²) in [5, 5.41) is 17.7. The molecular weight excluding hydrogens is 545 g/mol. The zero-order valence-electron chi connectivity index (χ0n) is 20.5. The third kappa shape index (κ3) is 5.22. The van der Waals surface area contributed by atoms with Gasteiger partial charge in [-0.3, -0.25) is 4.90 Å². The van der Waals surface area contributed by atoms with E-state index in [0.29, 0.717) is 35.1 Å². The molecule has 5 rings (SSSR count). The minimum absolute atomic E-state index is 0.195. The quantitative estimate of drug-likeness (QED) is 0.206. The molecule has 0 amide bonds. The van der Waals surface area contributed by atoms with Gasteiger partial charge in [-0.1, -0.05) is 32.4 Å². The van der Waals surface area contributed by atoms with Crippen molar-refractivity contribution >= 4 is 50.3 Å². The second kappa shape index (κ2) is 11.2. The number of rotatable bonds is 6. The first kappa shape index (κ1) is 26.4. The average Bonchev–Trinajstić information content (AvgIpc) is 3.41. The van der Waals surface area contributed by atoms with Crippen molar-refractivity contribution in [1.82, 2.24) is 14.5 Å². The number of piperidine rings is 1. The van der Waals surface area contributed by atoms with Crippen LogP contribution in [0.2, 0.25) is 5.02 Å². The number of amidine groups is 1. The Morgan fingerprint density at radius 2 is 2.14 bits per heavy atom. The van der Waals surface area contributed by atoms with E-state index in [4.69, 9.17) is 17.3 Å². The summed E-state index contributed by atoms with van der Waals surface area (Å²) in [7, 11) is 0. The number of hydrogen-bond donors (Lipinski definition) is 2. The Hall–Kier alpha value is -2.67. The molecule has 0 bridgehead atoms. The molecule has 0 radical (unpaired) electrons. The summed E-state index contributed by atoms with van der Waals surface area (Å²) in [6, 6.07) is 9.72. The topological polar surface area (TPSA) is 94.5 Å². The smallest absolute Gasteiger partial charge is 0.135 e. The van der Waals surface area contributed by atoms with Crippen LogP contribution in [0.1, 0.15) is 52.0 Å². The molecule has 36 heavy (non-hydrogen) atoms. The van der Waals surface area contributed by atoms with Crippen LogP contribution in [0.4, 0.5) is 15.8 Å². The number of fused-ring (bicyclic) bond motifs is 2. The van der Waals surface area contributed by atoms with E-state index in [0.717, 1.165) is 34.9 Å². The van der Waals surface area contributed by atoms with E-state index in [-0.39, 0.29) is 17.6 Å². The molecule has 3 aromatic rings. The molecule has 2 fully saturated rings. The average molecular weight is 575 g/mol. The van der Waals surface area contributed by atoms with Crippen molar-refractivity contribution in [2.75, 3.05) is 5.32 Å². The number of aliphatic imine (C=N–C) groups is 1. The molecule has 7 nitrogen and oxygen atoms in total. The molecule has 190 valence electrons. The molecule has 5 atom stereocenters. The van der Waals surface area contributed by atoms with E-state index >= 15 is 0 Å². The van der Waals surface area contributed by atoms with Crippen molar-refractivity contribution in [2.24, 2.45) is 10.7 Å². The van der Waals surface area contributed by atoms with E-state index in [1.54, 1.807) is 10.7 Å². The van der Waals surface area contributed by atoms with Crippen molar-refractivity contribution in [3.8, 4) is 6.07 Å². The van der Waals surface area contributed by atoms with Crippen LogP contribution in [-0.2, 0) is 0 Å². The van der Waals surface area contributed by atoms with E-state index in [1.165, 1.54) is 18.2 Å². The molecule has 2 aliphatic rings. The zero-order valence-corrected chi connectivity index (χ0v) is 22.9. The lowest BCUT2D eigenvalue weighted by atomic mass is 9.96. The first-order chi connectivity index (χ1) is 17.4. The van der Waals surface area contributed by atoms with Crippen LogP contribution in [0.5, 0.6) is 0 Å². The number of aromatic nitrogens is 2. The van der Waals surface area contributed by atoms with Gasteiger partial charge in [-0.05, 0) is 53.4 Å². The lowest BCUT2D eigenvalue weighted by Crippen LogP contribution is -2.37. The standard InChI is InChI=1S/C24H24BrClFN7.C2H6/c1-2-16-9-15(10-21-20(5-6-28)34(16)21)31-23-17(11-30-33-12-13(25)7-22(23)33)24(29)32-19-8-14(27)3-4-18(19)26;1-2/h3-4,7-8,11-12,15-16,20-21,31H,2,5,9-10H2,1H3,(H2,29,32);1-2H3. The summed E-state index contributed by atoms with van der Waals surface area (Å²) in [6.45, 7) is 6.19. The summed E-state index contributed by atoms with van der Waals surface area (Å²) in [4.78, 5) is 6.91. The zero-order chi connectivity index (χ0) is 26.0. The van der Waals surface area contributed by atoms with Gasteiger partial charge in [0, 0.05) is 40.9 Å². The maximum absolute atomic E-state index is 13.8. The van der Waals surface area contributed by atoms with Crippen LogP contribution >= 0.6 is 27.5 Å². The minimum atomic E-state index is -0.438. The third-order valence-electron chi connectivity index (χ3n) is 6.77. The normalized spacial score (nSPS) is 24.9. The highest BCUT2D eigenvalue weighted by molar-refractivity contribution is 9.10. The SMILES string of the molecule is CC.CCC1CC(Nc2c(C(N)=Nc3cc(F)ccc3Cl)cnn3cc(Br)cc23)CC2C(CC#N)N12. The number of nitrogens with one attached hydrogen (secondary N) is 1. The number of nitriles is 1. The maximum Gasteiger partial charge on any atom is 0.135 e. The highest BCUT2D eigenvalue weighted by atomic mass is 79.9. The molecule has 2 aliphatic heterocycles. The second-order valence-electron chi connectivity index (χ2n) is 8.83. The van der Waals surface area contributed by atoms with E-state index in [2.05, 4.69) is 49.2 Å². The Labute approximate surface area is 224 Å². The fourth-order valence-corrected chi connectivity index (χ4v) is 5.75. The Balaban J connectivity index is 0.00000148. The number of benzene rings is 1. The first-order valence-corrected chi connectivity index (χ1v) is 13.4. The molecular formula is C26H30BrClFN7. The highest BCUT2D eigenvalue weighted by Gasteiger charge is 2.54. The van der Waals surface area contributed by atoms with Gasteiger partial charge in [0.05, 0.1) is 46.2 Å². The van der Waals surface area contributed by atoms with Gasteiger partial charge in [0.2, 0.25) is 0 Å². The van der Waals surface area contributed by atoms with Crippen LogP contribution in [0, 0.1) is 17.1 Å². The number of nitrogens with two attached hydrogens (primary N) is 1. The first-order valence-electron chi connectivity index (χ1n) is 12.3. The minimum Gasteiger partial charge on any atom is -0.383 e. The maximum atomic E-state index is 13.8. The van der Waals surface area contributed by atoms with Crippen LogP contribution < -0.4 is 11.1 Å². The van der Waals surface area contributed by atoms with Gasteiger partial charge in [0.1, 0.15) is 11.7 Å². The number of hydrogen-bond acceptors (Lipinski definition) is 5. The van der Waals surface area contributed by atoms with Gasteiger partial charge in [-0.2, -0.15) is 10.4 Å². The van der Waals surface area contributed by atoms with Gasteiger partial charge in [0.15, 0.2) is 0 Å². The Kier molecular flexibility index (Phi) is 8.18. The molecule has 0 aliphatic carbocycles. The number of nitrogens with zero attached hydrogens (tertiary/aromatic N) is 5. The fraction of sp³-hybridized carbons (Fsp3) is 0.423. The predicted octanol–water partition coefficient (Wildman–Crippen LogP) is 6.27. The Bertz CT molecular complexity index is 1320. The van der Waals surface area contributed by atoms with Crippen molar-refractivity contribution in [3.05, 3.63) is 57.5 Å². The largest absolute Gasteiger partial charge is 0.383 e. The van der Waals surface area contributed by atoms with Gasteiger partial charge in [-0.25, -0.2) is 13.9 Å². The summed E-state index contributed by atoms with van der Waals surface area (Å²) in [5.74, 6) is -0.243. The van der Waals surface area contributed by atoms with E-state index in [9.17, 15) is 9.65 Å². The predicted molar refractivity (Wildman–Crippen MR) is 146 cm³/mol. The summed E-state index contributed by atoms with van der Waals surface area (Å²) < 4.78 is 16.4. The second-order valence-corrected chi connectivity index (χ2v) is 10.2. The molecule has 2 saturated heterocycles. The monoisotopic (exact) mass is 573 g/mol. The van der Waals surface area contributed by atoms with Gasteiger partial charge < -0.3 is 11.1 Å². The molecule has 3 N–H and O–H groups in total. The highest BCUT2D eigenvalue weighted by Crippen LogP contribution is 2.44. The Morgan fingerprint density at radius 3 is 2.86 bits per heavy atom. The van der Waals surface area contributed by atoms with E-state index in [1.807, 2.05) is 26.1 Å². The molecule has 0 saturated carbocycles. The molecule has 5 unspecified atom stereocenters. The van der Waals surface area contributed by atoms with Crippen LogP contribution in [0.3, 0.4) is 0 Å². The van der Waals surface area contributed by atoms with Crippen molar-refractivity contribution < 1.29 is 4.39 Å². The molecule has 4 heterocycles. The van der Waals surface area contributed by atoms with E-state index < -0.39 is 5.82 Å². The van der Waals surface area contributed by atoms with Crippen molar-refractivity contribution in [3.63, 3.8) is 0 Å². The van der Waals surface area contributed by atoms with Crippen molar-refractivity contribution in [2.45, 2.75) is 70.6 Å². The summed E-state index contributed by atoms with van der Waals surface area (Å²) >= 11 is 9.75. The lowest BCUT2D eigenvalue weighted by molar-refractivity contribution is 0.264. The van der Waals surface area contributed by atoms with Crippen LogP contribution in [0.15, 0.2) is 46.1 Å². The third-order valence-corrected chi connectivity index (χ3v) is 7.53. The van der Waals surface area contributed by atoms with Gasteiger partial charge >= 0.3 is 0 Å². The van der Waals surface area contributed by atoms with Crippen LogP contribution in [0.25, 0.3) is 5.52 Å². The number of halogens is 3. The summed E-state index contributed by atoms with van der Waals surface area (Å²) in [5.41, 5.74) is 8.98. The van der Waals surface area contributed by atoms with Gasteiger partial charge in [0.25, 0.3) is 0 Å². The molecule has 2 aromatic heterocycles. The van der Waals surface area contributed by atoms with Gasteiger partial charge in [-0.15, -0.1) is 0 Å². The van der Waals surface area contributed by atoms with Crippen LogP contribution in [-0.4, -0.2) is 44.5 Å². The fourth-order valence-electron chi connectivity index (χ4n) is 5.18. The Morgan fingerprint density at radius 1 is 1.36 bits per heavy atom. The summed E-state index contributed by atoms with van der Waals surface area (Å²) in [6.07, 6.45) is 7.06. The molecule has 1 aromatic carbocycles.